The predicted octanol–water partition coefficient (Wildman–Crippen LogP) is 6.57. The Morgan fingerprint density at radius 3 is 2.10 bits per heavy atom. The lowest BCUT2D eigenvalue weighted by Gasteiger charge is -2.30. The minimum absolute atomic E-state index is 0.115. The molecule has 2 rings (SSSR count). The van der Waals surface area contributed by atoms with Crippen LogP contribution in [0.15, 0.2) is 30.3 Å². The van der Waals surface area contributed by atoms with Gasteiger partial charge in [0.15, 0.2) is 3.79 Å². The summed E-state index contributed by atoms with van der Waals surface area (Å²) in [5.74, 6) is 0.137. The molecule has 0 bridgehead atoms. The second kappa shape index (κ2) is 5.75. The molecule has 0 saturated heterocycles. The van der Waals surface area contributed by atoms with Gasteiger partial charge >= 0.3 is 0 Å². The fourth-order valence-corrected chi connectivity index (χ4v) is 4.00. The molecule has 0 heterocycles. The number of alkyl halides is 3. The van der Waals surface area contributed by atoms with Crippen LogP contribution in [-0.4, -0.2) is 3.79 Å². The number of aryl methyl sites for hydroxylation is 1. The summed E-state index contributed by atoms with van der Waals surface area (Å²) in [5.41, 5.74) is 3.61. The average molecular weight is 330 g/mol. The van der Waals surface area contributed by atoms with E-state index in [0.717, 1.165) is 5.56 Å². The van der Waals surface area contributed by atoms with Crippen molar-refractivity contribution in [1.29, 1.82) is 0 Å². The second-order valence-corrected chi connectivity index (χ2v) is 8.07. The number of benzene rings is 2. The molecule has 2 aromatic carbocycles. The Hall–Kier alpha value is -0.430. The summed E-state index contributed by atoms with van der Waals surface area (Å²) >= 11 is 18.7. The molecule has 0 aliphatic heterocycles. The van der Waals surface area contributed by atoms with Crippen LogP contribution in [0.5, 0.6) is 0 Å². The van der Waals surface area contributed by atoms with Gasteiger partial charge in [0, 0.05) is 5.92 Å². The summed E-state index contributed by atoms with van der Waals surface area (Å²) < 4.78 is -1.30. The van der Waals surface area contributed by atoms with Crippen molar-refractivity contribution in [3.8, 4) is 0 Å². The van der Waals surface area contributed by atoms with Crippen molar-refractivity contribution < 1.29 is 0 Å². The SMILES string of the molecule is Cc1c(C(C(C)C)C(Cl)(Cl)Cl)cc2ccccc2c1C. The van der Waals surface area contributed by atoms with E-state index in [9.17, 15) is 0 Å². The molecule has 0 spiro atoms. The lowest BCUT2D eigenvalue weighted by Crippen LogP contribution is -2.23. The minimum Gasteiger partial charge on any atom is -0.0830 e. The average Bonchev–Trinajstić information content (AvgIpc) is 2.33. The van der Waals surface area contributed by atoms with Gasteiger partial charge in [-0.05, 0) is 47.2 Å². The van der Waals surface area contributed by atoms with Crippen molar-refractivity contribution in [1.82, 2.24) is 0 Å². The third kappa shape index (κ3) is 2.93. The van der Waals surface area contributed by atoms with Crippen LogP contribution in [0.4, 0.5) is 0 Å². The zero-order chi connectivity index (χ0) is 15.1. The van der Waals surface area contributed by atoms with Crippen LogP contribution in [0, 0.1) is 19.8 Å². The van der Waals surface area contributed by atoms with Gasteiger partial charge in [-0.3, -0.25) is 0 Å². The van der Waals surface area contributed by atoms with Crippen molar-refractivity contribution in [3.63, 3.8) is 0 Å². The molecular weight excluding hydrogens is 311 g/mol. The molecule has 0 saturated carbocycles. The topological polar surface area (TPSA) is 0 Å². The highest BCUT2D eigenvalue weighted by Gasteiger charge is 2.37. The molecule has 0 aliphatic carbocycles. The molecule has 2 aromatic rings. The van der Waals surface area contributed by atoms with Gasteiger partial charge in [-0.25, -0.2) is 0 Å². The molecule has 1 unspecified atom stereocenters. The normalized spacial score (nSPS) is 14.0. The Bertz CT molecular complexity index is 624. The van der Waals surface area contributed by atoms with Gasteiger partial charge in [0.1, 0.15) is 0 Å². The van der Waals surface area contributed by atoms with E-state index < -0.39 is 3.79 Å². The largest absolute Gasteiger partial charge is 0.197 e. The first-order valence-corrected chi connectivity index (χ1v) is 7.92. The zero-order valence-electron chi connectivity index (χ0n) is 12.2. The highest BCUT2D eigenvalue weighted by Crippen LogP contribution is 2.47. The third-order valence-electron chi connectivity index (χ3n) is 4.03. The highest BCUT2D eigenvalue weighted by atomic mass is 35.6. The molecule has 0 aliphatic rings. The van der Waals surface area contributed by atoms with Crippen LogP contribution in [0.3, 0.4) is 0 Å². The van der Waals surface area contributed by atoms with Crippen molar-refractivity contribution in [2.45, 2.75) is 37.4 Å². The number of fused-ring (bicyclic) bond motifs is 1. The smallest absolute Gasteiger partial charge is 0.0830 e. The number of halogens is 3. The summed E-state index contributed by atoms with van der Waals surface area (Å²) in [7, 11) is 0. The lowest BCUT2D eigenvalue weighted by atomic mass is 9.83. The molecule has 0 fully saturated rings. The highest BCUT2D eigenvalue weighted by molar-refractivity contribution is 6.68. The maximum Gasteiger partial charge on any atom is 0.197 e. The summed E-state index contributed by atoms with van der Waals surface area (Å²) in [6, 6.07) is 10.5. The molecule has 20 heavy (non-hydrogen) atoms. The molecule has 0 nitrogen and oxygen atoms in total. The summed E-state index contributed by atoms with van der Waals surface area (Å²) in [6.07, 6.45) is 0. The Morgan fingerprint density at radius 2 is 1.55 bits per heavy atom. The Morgan fingerprint density at radius 1 is 0.950 bits per heavy atom. The maximum atomic E-state index is 6.24. The van der Waals surface area contributed by atoms with Crippen LogP contribution >= 0.6 is 34.8 Å². The fraction of sp³-hybridized carbons (Fsp3) is 0.412. The van der Waals surface area contributed by atoms with Crippen molar-refractivity contribution in [3.05, 3.63) is 47.0 Å². The van der Waals surface area contributed by atoms with E-state index in [0.29, 0.717) is 0 Å². The summed E-state index contributed by atoms with van der Waals surface area (Å²) in [5, 5.41) is 2.46. The van der Waals surface area contributed by atoms with E-state index in [1.54, 1.807) is 0 Å². The molecule has 108 valence electrons. The number of hydrogen-bond acceptors (Lipinski definition) is 0. The predicted molar refractivity (Wildman–Crippen MR) is 91.3 cm³/mol. The van der Waals surface area contributed by atoms with Crippen molar-refractivity contribution >= 4 is 45.6 Å². The van der Waals surface area contributed by atoms with Gasteiger partial charge in [-0.15, -0.1) is 0 Å². The van der Waals surface area contributed by atoms with Gasteiger partial charge in [0.2, 0.25) is 0 Å². The summed E-state index contributed by atoms with van der Waals surface area (Å²) in [4.78, 5) is 0. The van der Waals surface area contributed by atoms with E-state index >= 15 is 0 Å². The van der Waals surface area contributed by atoms with Crippen LogP contribution in [0.25, 0.3) is 10.8 Å². The quantitative estimate of drug-likeness (QED) is 0.547. The number of hydrogen-bond donors (Lipinski definition) is 0. The fourth-order valence-electron chi connectivity index (χ4n) is 2.90. The molecule has 0 amide bonds. The van der Waals surface area contributed by atoms with Crippen molar-refractivity contribution in [2.75, 3.05) is 0 Å². The maximum absolute atomic E-state index is 6.24. The molecule has 1 atom stereocenters. The Balaban J connectivity index is 2.73. The van der Waals surface area contributed by atoms with Crippen molar-refractivity contribution in [2.24, 2.45) is 5.92 Å². The van der Waals surface area contributed by atoms with Gasteiger partial charge in [0.05, 0.1) is 0 Å². The first-order valence-electron chi connectivity index (χ1n) is 6.79. The summed E-state index contributed by atoms with van der Waals surface area (Å²) in [6.45, 7) is 8.44. The van der Waals surface area contributed by atoms with Crippen LogP contribution in [0.2, 0.25) is 0 Å². The molecule has 0 aromatic heterocycles. The standard InChI is InChI=1S/C17H19Cl3/c1-10(2)16(17(18,19)20)15-9-13-7-5-6-8-14(13)11(3)12(15)4/h5-10,16H,1-4H3. The monoisotopic (exact) mass is 328 g/mol. The van der Waals surface area contributed by atoms with Crippen LogP contribution in [-0.2, 0) is 0 Å². The van der Waals surface area contributed by atoms with Gasteiger partial charge in [-0.2, -0.15) is 0 Å². The Kier molecular flexibility index (Phi) is 4.59. The molecular formula is C17H19Cl3. The van der Waals surface area contributed by atoms with E-state index in [-0.39, 0.29) is 11.8 Å². The third-order valence-corrected chi connectivity index (χ3v) is 4.73. The van der Waals surface area contributed by atoms with Gasteiger partial charge in [-0.1, -0.05) is 79.0 Å². The molecule has 0 N–H and O–H groups in total. The first kappa shape index (κ1) is 15.9. The van der Waals surface area contributed by atoms with Crippen LogP contribution in [0.1, 0.15) is 36.5 Å². The first-order chi connectivity index (χ1) is 9.23. The van der Waals surface area contributed by atoms with E-state index in [2.05, 4.69) is 52.0 Å². The molecule has 3 heteroatoms. The number of rotatable bonds is 2. The van der Waals surface area contributed by atoms with E-state index in [1.807, 2.05) is 6.07 Å². The van der Waals surface area contributed by atoms with Gasteiger partial charge in [0.25, 0.3) is 0 Å². The second-order valence-electron chi connectivity index (χ2n) is 5.70. The zero-order valence-corrected chi connectivity index (χ0v) is 14.4. The van der Waals surface area contributed by atoms with Crippen LogP contribution < -0.4 is 0 Å². The Labute approximate surface area is 136 Å². The lowest BCUT2D eigenvalue weighted by molar-refractivity contribution is 0.503. The minimum atomic E-state index is -1.30. The van der Waals surface area contributed by atoms with E-state index in [1.165, 1.54) is 21.9 Å². The van der Waals surface area contributed by atoms with Gasteiger partial charge < -0.3 is 0 Å². The molecule has 0 radical (unpaired) electrons. The van der Waals surface area contributed by atoms with E-state index in [4.69, 9.17) is 34.8 Å².